The number of nitriles is 2. The maximum Gasteiger partial charge on any atom is 0.118 e. The number of aromatic nitrogens is 2. The van der Waals surface area contributed by atoms with Crippen molar-refractivity contribution < 1.29 is 0 Å². The second-order valence-electron chi connectivity index (χ2n) is 25.7. The van der Waals surface area contributed by atoms with Crippen molar-refractivity contribution in [1.29, 1.82) is 10.5 Å². The van der Waals surface area contributed by atoms with Gasteiger partial charge in [0.1, 0.15) is 15.7 Å². The van der Waals surface area contributed by atoms with Crippen LogP contribution in [-0.2, 0) is 10.8 Å². The fourth-order valence-electron chi connectivity index (χ4n) is 17.3. The van der Waals surface area contributed by atoms with Gasteiger partial charge in [0.15, 0.2) is 0 Å². The Morgan fingerprint density at radius 3 is 1.46 bits per heavy atom. The highest BCUT2D eigenvalue weighted by molar-refractivity contribution is 6.46. The Morgan fingerprint density at radius 1 is 0.488 bits per heavy atom. The predicted molar refractivity (Wildman–Crippen MR) is 343 cm³/mol. The Hall–Kier alpha value is -8.31. The fraction of sp³-hybridized carbons (Fsp3) is 0.263. The maximum atomic E-state index is 11.6. The average Bonchev–Trinajstić information content (AvgIpc) is 3.11. The van der Waals surface area contributed by atoms with Gasteiger partial charge in [0.2, 0.25) is 0 Å². The molecule has 0 saturated heterocycles. The average molecular weight is 1050 g/mol. The first kappa shape index (κ1) is 49.5. The third-order valence-electron chi connectivity index (χ3n) is 21.2. The third kappa shape index (κ3) is 6.50. The van der Waals surface area contributed by atoms with E-state index >= 15 is 0 Å². The van der Waals surface area contributed by atoms with Crippen LogP contribution in [0.25, 0.3) is 81.8 Å². The summed E-state index contributed by atoms with van der Waals surface area (Å²) in [5.41, 5.74) is 22.5. The molecule has 6 heteroatoms. The first-order valence-electron chi connectivity index (χ1n) is 30.1. The molecule has 4 nitrogen and oxygen atoms in total. The Labute approximate surface area is 482 Å². The van der Waals surface area contributed by atoms with Crippen molar-refractivity contribution >= 4 is 108 Å². The molecular formula is C76H62B2N4. The lowest BCUT2D eigenvalue weighted by atomic mass is 9.66. The second kappa shape index (κ2) is 17.8. The van der Waals surface area contributed by atoms with E-state index in [1.807, 2.05) is 0 Å². The molecule has 4 aliphatic rings. The van der Waals surface area contributed by atoms with Gasteiger partial charge in [-0.3, -0.25) is 0 Å². The molecule has 3 atom stereocenters. The molecule has 2 saturated carbocycles. The lowest BCUT2D eigenvalue weighted by molar-refractivity contribution is 0.320. The van der Waals surface area contributed by atoms with Gasteiger partial charge in [-0.15, -0.1) is 0 Å². The first-order valence-corrected chi connectivity index (χ1v) is 30.1. The Bertz CT molecular complexity index is 4920. The molecule has 4 aromatic heterocycles. The van der Waals surface area contributed by atoms with Crippen LogP contribution in [-0.4, -0.2) is 24.5 Å². The van der Waals surface area contributed by atoms with E-state index < -0.39 is 0 Å². The van der Waals surface area contributed by atoms with Crippen LogP contribution in [0.2, 0.25) is 0 Å². The SMILES string of the molecule is [B]c1c(C#N)c2c(c3c4cc(C5(C)CCCCC5)cc5c6c7c8cc(C9(C)CCCCC9)cc9c%10c%11c(c(C#N)c([B])c%10n(c7ccc6n(c13)c45)c98)C(C)c1ccccc1C%11c1ccccc1)C(c1ccccc1)/C(C)=C/C=C\C=C\2C. The van der Waals surface area contributed by atoms with Gasteiger partial charge in [-0.05, 0) is 148 Å². The summed E-state index contributed by atoms with van der Waals surface area (Å²) in [6.07, 6.45) is 20.4. The van der Waals surface area contributed by atoms with E-state index in [2.05, 4.69) is 201 Å². The molecule has 4 heterocycles. The minimum Gasteiger partial charge on any atom is -0.309 e. The quantitative estimate of drug-likeness (QED) is 0.165. The van der Waals surface area contributed by atoms with Crippen molar-refractivity contribution in [3.8, 4) is 12.1 Å². The van der Waals surface area contributed by atoms with Gasteiger partial charge in [0.25, 0.3) is 0 Å². The van der Waals surface area contributed by atoms with Gasteiger partial charge in [0.05, 0.1) is 45.3 Å². The fourth-order valence-corrected chi connectivity index (χ4v) is 17.3. The van der Waals surface area contributed by atoms with E-state index in [4.69, 9.17) is 15.7 Å². The van der Waals surface area contributed by atoms with E-state index in [0.29, 0.717) is 22.1 Å². The highest BCUT2D eigenvalue weighted by atomic mass is 14.9. The molecule has 2 fully saturated rings. The van der Waals surface area contributed by atoms with Crippen LogP contribution in [0.15, 0.2) is 151 Å². The monoisotopic (exact) mass is 1050 g/mol. The van der Waals surface area contributed by atoms with Crippen LogP contribution in [0, 0.1) is 22.7 Å². The van der Waals surface area contributed by atoms with Gasteiger partial charge in [-0.2, -0.15) is 10.5 Å². The zero-order valence-corrected chi connectivity index (χ0v) is 47.6. The summed E-state index contributed by atoms with van der Waals surface area (Å²) in [5.74, 6) is -0.323. The van der Waals surface area contributed by atoms with Crippen molar-refractivity contribution in [2.24, 2.45) is 0 Å². The zero-order valence-electron chi connectivity index (χ0n) is 47.6. The maximum absolute atomic E-state index is 11.6. The van der Waals surface area contributed by atoms with Gasteiger partial charge < -0.3 is 8.80 Å². The number of hydrogen-bond acceptors (Lipinski definition) is 2. The van der Waals surface area contributed by atoms with Crippen LogP contribution < -0.4 is 10.9 Å². The molecular weight excluding hydrogens is 990 g/mol. The van der Waals surface area contributed by atoms with Crippen molar-refractivity contribution in [3.63, 3.8) is 0 Å². The summed E-state index contributed by atoms with van der Waals surface area (Å²) in [6, 6.07) is 51.1. The number of hydrogen-bond donors (Lipinski definition) is 0. The van der Waals surface area contributed by atoms with Gasteiger partial charge in [-0.25, -0.2) is 0 Å². The summed E-state index contributed by atoms with van der Waals surface area (Å²) < 4.78 is 4.93. The molecule has 0 aliphatic heterocycles. The topological polar surface area (TPSA) is 56.4 Å². The molecule has 3 unspecified atom stereocenters. The van der Waals surface area contributed by atoms with E-state index in [9.17, 15) is 10.5 Å². The summed E-state index contributed by atoms with van der Waals surface area (Å²) in [5, 5.41) is 32.7. The van der Waals surface area contributed by atoms with Gasteiger partial charge >= 0.3 is 0 Å². The molecule has 82 heavy (non-hydrogen) atoms. The molecule has 16 rings (SSSR count). The molecule has 4 aliphatic carbocycles. The molecule has 12 aromatic rings. The highest BCUT2D eigenvalue weighted by Gasteiger charge is 2.41. The lowest BCUT2D eigenvalue weighted by Gasteiger charge is -2.36. The molecule has 0 bridgehead atoms. The van der Waals surface area contributed by atoms with Crippen molar-refractivity contribution in [3.05, 3.63) is 218 Å². The molecule has 0 amide bonds. The standard InChI is InChI=1S/C76H62B2N4/c1-42-22-14-15-23-43(2)60-55(40-79)69(77)73-65(67(60)59(42)45-24-10-6-11-25-45)53-38-47(75(4)32-18-8-19-33-75)36-51-63-57(81(73)71(51)53)30-31-58-64(63)52-37-48(76(5)34-20-9-21-35-76)39-54-66-68-61(56(41-80)70(78)74(66)82(58)72(52)54)44(3)49-28-16-17-29-50(49)62(68)46-26-12-7-13-27-46/h6-7,10-17,22-31,36-39,44,59,62H,8-9,18-21,32-35H2,1-5H3/b15-14-,42-22+,43-23+. The van der Waals surface area contributed by atoms with E-state index in [1.165, 1.54) is 115 Å². The summed E-state index contributed by atoms with van der Waals surface area (Å²) in [6.45, 7) is 11.7. The van der Waals surface area contributed by atoms with E-state index in [1.54, 1.807) is 0 Å². The summed E-state index contributed by atoms with van der Waals surface area (Å²) in [4.78, 5) is 0. The lowest BCUT2D eigenvalue weighted by Crippen LogP contribution is -2.25. The summed E-state index contributed by atoms with van der Waals surface area (Å²) >= 11 is 0. The Balaban J connectivity index is 1.13. The van der Waals surface area contributed by atoms with Crippen molar-refractivity contribution in [1.82, 2.24) is 8.80 Å². The summed E-state index contributed by atoms with van der Waals surface area (Å²) in [7, 11) is 15.5. The molecule has 4 radical (unpaired) electrons. The minimum atomic E-state index is -0.156. The normalized spacial score (nSPS) is 21.4. The largest absolute Gasteiger partial charge is 0.309 e. The zero-order chi connectivity index (χ0) is 55.7. The predicted octanol–water partition coefficient (Wildman–Crippen LogP) is 17.5. The smallest absolute Gasteiger partial charge is 0.118 e. The van der Waals surface area contributed by atoms with Crippen LogP contribution in [0.3, 0.4) is 0 Å². The van der Waals surface area contributed by atoms with Crippen LogP contribution in [0.5, 0.6) is 0 Å². The van der Waals surface area contributed by atoms with Gasteiger partial charge in [-0.1, -0.05) is 185 Å². The first-order chi connectivity index (χ1) is 40.0. The Morgan fingerprint density at radius 2 is 0.939 bits per heavy atom. The number of rotatable bonds is 4. The molecule has 0 N–H and O–H groups in total. The molecule has 8 aromatic carbocycles. The van der Waals surface area contributed by atoms with Crippen LogP contribution in [0.1, 0.15) is 183 Å². The third-order valence-corrected chi connectivity index (χ3v) is 21.2. The minimum absolute atomic E-state index is 0.0408. The van der Waals surface area contributed by atoms with Crippen molar-refractivity contribution in [2.75, 3.05) is 0 Å². The Kier molecular flexibility index (Phi) is 10.8. The second-order valence-corrected chi connectivity index (χ2v) is 25.7. The van der Waals surface area contributed by atoms with Crippen molar-refractivity contribution in [2.45, 2.75) is 127 Å². The number of allylic oxidation sites excluding steroid dienone is 6. The number of fused-ring (bicyclic) bond motifs is 18. The molecule has 0 spiro atoms. The van der Waals surface area contributed by atoms with Crippen LogP contribution in [0.4, 0.5) is 0 Å². The highest BCUT2D eigenvalue weighted by Crippen LogP contribution is 2.56. The van der Waals surface area contributed by atoms with Crippen LogP contribution >= 0.6 is 0 Å². The van der Waals surface area contributed by atoms with E-state index in [-0.39, 0.29) is 28.6 Å². The molecule has 392 valence electrons. The number of nitrogens with zero attached hydrogens (tertiary/aromatic N) is 4. The van der Waals surface area contributed by atoms with Gasteiger partial charge in [0, 0.05) is 71.9 Å². The van der Waals surface area contributed by atoms with E-state index in [0.717, 1.165) is 91.8 Å². The number of benzene rings is 8.